The summed E-state index contributed by atoms with van der Waals surface area (Å²) in [5.74, 6) is 2.03. The molecule has 3 rings (SSSR count). The summed E-state index contributed by atoms with van der Waals surface area (Å²) in [5, 5.41) is 15.1. The maximum Gasteiger partial charge on any atom is 0.238 e. The van der Waals surface area contributed by atoms with Crippen LogP contribution in [0.15, 0.2) is 58.6 Å². The molecule has 0 aliphatic heterocycles. The first kappa shape index (κ1) is 20.7. The molecule has 1 aromatic heterocycles. The van der Waals surface area contributed by atoms with Crippen LogP contribution in [0, 0.1) is 0 Å². The molecule has 3 aromatic rings. The zero-order chi connectivity index (χ0) is 20.1. The average molecular weight is 439 g/mol. The molecule has 1 heterocycles. The number of halogens is 1. The van der Waals surface area contributed by atoms with E-state index in [1.54, 1.807) is 12.1 Å². The molecule has 2 N–H and O–H groups in total. The van der Waals surface area contributed by atoms with Crippen molar-refractivity contribution in [3.8, 4) is 17.1 Å². The lowest BCUT2D eigenvalue weighted by atomic mass is 10.2. The number of hydrogen-bond donors (Lipinski definition) is 1. The number of thioether (sulfide) groups is 1. The molecule has 10 heteroatoms. The van der Waals surface area contributed by atoms with Gasteiger partial charge in [-0.3, -0.25) is 0 Å². The predicted octanol–water partition coefficient (Wildman–Crippen LogP) is 3.44. The highest BCUT2D eigenvalue weighted by Gasteiger charge is 2.13. The van der Waals surface area contributed by atoms with Gasteiger partial charge in [0.05, 0.1) is 11.5 Å². The standard InChI is InChI=1S/C18H19ClN4O3S2/c1-2-23-17(13-3-5-14(19)6-4-13)21-22-18(23)27-12-11-26-15-7-9-16(10-8-15)28(20,24)25/h3-10H,2,11-12H2,1H3,(H2,20,24,25). The summed E-state index contributed by atoms with van der Waals surface area (Å²) in [6.07, 6.45) is 0. The van der Waals surface area contributed by atoms with Crippen LogP contribution in [0.2, 0.25) is 5.02 Å². The fraction of sp³-hybridized carbons (Fsp3) is 0.222. The minimum absolute atomic E-state index is 0.0556. The minimum atomic E-state index is -3.70. The summed E-state index contributed by atoms with van der Waals surface area (Å²) in [4.78, 5) is 0.0556. The van der Waals surface area contributed by atoms with Crippen molar-refractivity contribution in [2.75, 3.05) is 12.4 Å². The first-order valence-corrected chi connectivity index (χ1v) is 11.4. The average Bonchev–Trinajstić information content (AvgIpc) is 3.08. The molecule has 0 saturated carbocycles. The second-order valence-electron chi connectivity index (χ2n) is 5.77. The van der Waals surface area contributed by atoms with Gasteiger partial charge in [-0.15, -0.1) is 10.2 Å². The topological polar surface area (TPSA) is 100 Å². The van der Waals surface area contributed by atoms with Gasteiger partial charge in [0.2, 0.25) is 10.0 Å². The van der Waals surface area contributed by atoms with E-state index in [1.165, 1.54) is 23.9 Å². The van der Waals surface area contributed by atoms with Crippen molar-refractivity contribution in [3.63, 3.8) is 0 Å². The number of rotatable bonds is 8. The Labute approximate surface area is 172 Å². The van der Waals surface area contributed by atoms with Crippen LogP contribution in [0.3, 0.4) is 0 Å². The number of sulfonamides is 1. The van der Waals surface area contributed by atoms with Crippen molar-refractivity contribution in [3.05, 3.63) is 53.6 Å². The first-order valence-electron chi connectivity index (χ1n) is 8.46. The van der Waals surface area contributed by atoms with Crippen LogP contribution >= 0.6 is 23.4 Å². The third-order valence-corrected chi connectivity index (χ3v) is 5.98. The van der Waals surface area contributed by atoms with Crippen molar-refractivity contribution in [1.29, 1.82) is 0 Å². The number of primary sulfonamides is 1. The molecule has 0 unspecified atom stereocenters. The van der Waals surface area contributed by atoms with Crippen LogP contribution < -0.4 is 9.88 Å². The van der Waals surface area contributed by atoms with Crippen LogP contribution in [-0.4, -0.2) is 35.5 Å². The van der Waals surface area contributed by atoms with Gasteiger partial charge in [0.15, 0.2) is 11.0 Å². The molecule has 2 aromatic carbocycles. The van der Waals surface area contributed by atoms with Crippen molar-refractivity contribution in [1.82, 2.24) is 14.8 Å². The highest BCUT2D eigenvalue weighted by atomic mass is 35.5. The fourth-order valence-electron chi connectivity index (χ4n) is 2.51. The van der Waals surface area contributed by atoms with Gasteiger partial charge in [0.1, 0.15) is 5.75 Å². The Morgan fingerprint density at radius 2 is 1.79 bits per heavy atom. The van der Waals surface area contributed by atoms with Crippen molar-refractivity contribution >= 4 is 33.4 Å². The SMILES string of the molecule is CCn1c(SCCOc2ccc(S(N)(=O)=O)cc2)nnc1-c1ccc(Cl)cc1. The second kappa shape index (κ2) is 8.95. The van der Waals surface area contributed by atoms with Crippen LogP contribution in [-0.2, 0) is 16.6 Å². The predicted molar refractivity (Wildman–Crippen MR) is 110 cm³/mol. The van der Waals surface area contributed by atoms with Gasteiger partial charge in [-0.1, -0.05) is 23.4 Å². The maximum atomic E-state index is 11.3. The molecule has 0 radical (unpaired) electrons. The Hall–Kier alpha value is -2.07. The number of ether oxygens (including phenoxy) is 1. The van der Waals surface area contributed by atoms with E-state index >= 15 is 0 Å². The quantitative estimate of drug-likeness (QED) is 0.427. The Bertz CT molecular complexity index is 1040. The Balaban J connectivity index is 1.58. The number of benzene rings is 2. The van der Waals surface area contributed by atoms with E-state index in [1.807, 2.05) is 35.8 Å². The molecule has 0 spiro atoms. The van der Waals surface area contributed by atoms with Gasteiger partial charge in [-0.05, 0) is 55.5 Å². The largest absolute Gasteiger partial charge is 0.493 e. The third kappa shape index (κ3) is 5.05. The summed E-state index contributed by atoms with van der Waals surface area (Å²) in [6.45, 7) is 3.21. The lowest BCUT2D eigenvalue weighted by molar-refractivity contribution is 0.343. The summed E-state index contributed by atoms with van der Waals surface area (Å²) in [7, 11) is -3.70. The number of nitrogens with two attached hydrogens (primary N) is 1. The number of hydrogen-bond acceptors (Lipinski definition) is 6. The van der Waals surface area contributed by atoms with Crippen LogP contribution in [0.25, 0.3) is 11.4 Å². The molecule has 0 aliphatic carbocycles. The molecule has 0 bridgehead atoms. The molecular formula is C18H19ClN4O3S2. The van der Waals surface area contributed by atoms with Crippen LogP contribution in [0.5, 0.6) is 5.75 Å². The van der Waals surface area contributed by atoms with Crippen LogP contribution in [0.4, 0.5) is 0 Å². The van der Waals surface area contributed by atoms with E-state index in [-0.39, 0.29) is 4.90 Å². The van der Waals surface area contributed by atoms with E-state index in [0.29, 0.717) is 23.1 Å². The lowest BCUT2D eigenvalue weighted by Gasteiger charge is -2.08. The third-order valence-electron chi connectivity index (χ3n) is 3.87. The van der Waals surface area contributed by atoms with E-state index < -0.39 is 10.0 Å². The van der Waals surface area contributed by atoms with E-state index in [9.17, 15) is 8.42 Å². The Kier molecular flexibility index (Phi) is 6.61. The van der Waals surface area contributed by atoms with Gasteiger partial charge in [0.25, 0.3) is 0 Å². The minimum Gasteiger partial charge on any atom is -0.493 e. The molecule has 148 valence electrons. The smallest absolute Gasteiger partial charge is 0.238 e. The highest BCUT2D eigenvalue weighted by molar-refractivity contribution is 7.99. The van der Waals surface area contributed by atoms with E-state index in [4.69, 9.17) is 21.5 Å². The van der Waals surface area contributed by atoms with Gasteiger partial charge >= 0.3 is 0 Å². The second-order valence-corrected chi connectivity index (χ2v) is 8.83. The highest BCUT2D eigenvalue weighted by Crippen LogP contribution is 2.25. The normalized spacial score (nSPS) is 11.5. The monoisotopic (exact) mass is 438 g/mol. The van der Waals surface area contributed by atoms with E-state index in [0.717, 1.165) is 23.1 Å². The molecule has 0 atom stereocenters. The first-order chi connectivity index (χ1) is 13.4. The molecule has 0 saturated heterocycles. The zero-order valence-corrected chi connectivity index (χ0v) is 17.5. The lowest BCUT2D eigenvalue weighted by Crippen LogP contribution is -2.11. The Morgan fingerprint density at radius 3 is 2.39 bits per heavy atom. The summed E-state index contributed by atoms with van der Waals surface area (Å²) in [6, 6.07) is 13.5. The van der Waals surface area contributed by atoms with Crippen molar-refractivity contribution in [2.45, 2.75) is 23.5 Å². The van der Waals surface area contributed by atoms with Gasteiger partial charge in [-0.25, -0.2) is 13.6 Å². The number of aromatic nitrogens is 3. The summed E-state index contributed by atoms with van der Waals surface area (Å²) < 4.78 is 30.2. The molecule has 28 heavy (non-hydrogen) atoms. The summed E-state index contributed by atoms with van der Waals surface area (Å²) in [5.41, 5.74) is 0.955. The Morgan fingerprint density at radius 1 is 1.11 bits per heavy atom. The van der Waals surface area contributed by atoms with Crippen LogP contribution in [0.1, 0.15) is 6.92 Å². The van der Waals surface area contributed by atoms with Gasteiger partial charge in [-0.2, -0.15) is 0 Å². The van der Waals surface area contributed by atoms with E-state index in [2.05, 4.69) is 10.2 Å². The maximum absolute atomic E-state index is 11.3. The number of nitrogens with zero attached hydrogens (tertiary/aromatic N) is 3. The summed E-state index contributed by atoms with van der Waals surface area (Å²) >= 11 is 7.49. The molecule has 0 aliphatic rings. The van der Waals surface area contributed by atoms with Gasteiger partial charge < -0.3 is 9.30 Å². The molecule has 0 amide bonds. The van der Waals surface area contributed by atoms with Crippen molar-refractivity contribution < 1.29 is 13.2 Å². The van der Waals surface area contributed by atoms with Crippen molar-refractivity contribution in [2.24, 2.45) is 5.14 Å². The zero-order valence-electron chi connectivity index (χ0n) is 15.1. The molecule has 0 fully saturated rings. The molecular weight excluding hydrogens is 420 g/mol. The molecule has 7 nitrogen and oxygen atoms in total. The van der Waals surface area contributed by atoms with Gasteiger partial charge in [0, 0.05) is 22.9 Å². The fourth-order valence-corrected chi connectivity index (χ4v) is 3.97.